The van der Waals surface area contributed by atoms with E-state index in [0.29, 0.717) is 41.9 Å². The highest BCUT2D eigenvalue weighted by Crippen LogP contribution is 2.77. The lowest BCUT2D eigenvalue weighted by Gasteiger charge is -2.57. The number of fused-ring (bicyclic) bond motifs is 9. The van der Waals surface area contributed by atoms with Crippen LogP contribution in [-0.4, -0.2) is 17.4 Å². The van der Waals surface area contributed by atoms with Crippen LogP contribution in [0.15, 0.2) is 36.0 Å². The van der Waals surface area contributed by atoms with Crippen LogP contribution >= 0.6 is 0 Å². The third kappa shape index (κ3) is 1.62. The summed E-state index contributed by atoms with van der Waals surface area (Å²) in [5.74, 6) is 3.82. The van der Waals surface area contributed by atoms with E-state index in [1.807, 2.05) is 6.08 Å². The Hall–Kier alpha value is -1.64. The Morgan fingerprint density at radius 2 is 2.04 bits per heavy atom. The lowest BCUT2D eigenvalue weighted by molar-refractivity contribution is -0.167. The van der Waals surface area contributed by atoms with Crippen LogP contribution in [0.4, 0.5) is 0 Å². The van der Waals surface area contributed by atoms with E-state index in [4.69, 9.17) is 4.74 Å². The number of ether oxygens (including phenoxy) is 1. The molecule has 0 bridgehead atoms. The normalized spacial score (nSPS) is 53.6. The molecule has 136 valence electrons. The molecule has 26 heavy (non-hydrogen) atoms. The van der Waals surface area contributed by atoms with Crippen LogP contribution in [0.25, 0.3) is 0 Å². The molecule has 6 rings (SSSR count). The van der Waals surface area contributed by atoms with Crippen LogP contribution in [0.3, 0.4) is 0 Å². The first-order valence-corrected chi connectivity index (χ1v) is 10.3. The average Bonchev–Trinajstić information content (AvgIpc) is 3.24. The van der Waals surface area contributed by atoms with Gasteiger partial charge >= 0.3 is 5.97 Å². The third-order valence-electron chi connectivity index (χ3n) is 9.05. The van der Waals surface area contributed by atoms with Gasteiger partial charge in [0.05, 0.1) is 0 Å². The molecule has 0 aromatic rings. The standard InChI is InChI=1S/C23H26O3/c1-12-9-17-15(14-4-3-13(24)10-16(12)14)5-7-22(2)21(17)18-11-19(18)23(22)8-6-20(25)26-23/h6,8,10,14-15,17-19,21H,1,3-5,7,9,11H2,2H3/t14-,15?,17?,18?,19?,21?,22+,23+/m1/s1. The van der Waals surface area contributed by atoms with E-state index in [9.17, 15) is 9.59 Å². The van der Waals surface area contributed by atoms with Crippen molar-refractivity contribution >= 4 is 11.8 Å². The summed E-state index contributed by atoms with van der Waals surface area (Å²) in [4.78, 5) is 23.9. The Kier molecular flexibility index (Phi) is 2.73. The smallest absolute Gasteiger partial charge is 0.331 e. The van der Waals surface area contributed by atoms with Crippen LogP contribution in [-0.2, 0) is 14.3 Å². The van der Waals surface area contributed by atoms with Crippen molar-refractivity contribution in [1.82, 2.24) is 0 Å². The maximum atomic E-state index is 12.0. The molecule has 1 heterocycles. The Bertz CT molecular complexity index is 819. The van der Waals surface area contributed by atoms with Gasteiger partial charge in [0, 0.05) is 23.8 Å². The molecule has 6 aliphatic rings. The average molecular weight is 350 g/mol. The predicted molar refractivity (Wildman–Crippen MR) is 96.9 cm³/mol. The van der Waals surface area contributed by atoms with Crippen molar-refractivity contribution in [3.63, 3.8) is 0 Å². The highest BCUT2D eigenvalue weighted by atomic mass is 16.6. The number of carbonyl (C=O) groups excluding carboxylic acids is 2. The van der Waals surface area contributed by atoms with E-state index in [1.54, 1.807) is 6.08 Å². The fraction of sp³-hybridized carbons (Fsp3) is 0.652. The second-order valence-corrected chi connectivity index (χ2v) is 9.88. The van der Waals surface area contributed by atoms with Crippen molar-refractivity contribution in [2.75, 3.05) is 0 Å². The van der Waals surface area contributed by atoms with Crippen molar-refractivity contribution in [2.45, 2.75) is 51.0 Å². The summed E-state index contributed by atoms with van der Waals surface area (Å²) in [6.07, 6.45) is 11.9. The first-order chi connectivity index (χ1) is 12.4. The van der Waals surface area contributed by atoms with Gasteiger partial charge in [-0.25, -0.2) is 4.79 Å². The summed E-state index contributed by atoms with van der Waals surface area (Å²) in [6.45, 7) is 6.77. The molecule has 0 aromatic heterocycles. The lowest BCUT2D eigenvalue weighted by Crippen LogP contribution is -2.55. The zero-order chi connectivity index (χ0) is 17.8. The van der Waals surface area contributed by atoms with Gasteiger partial charge in [0.15, 0.2) is 5.78 Å². The molecular formula is C23H26O3. The van der Waals surface area contributed by atoms with Crippen LogP contribution < -0.4 is 0 Å². The monoisotopic (exact) mass is 350 g/mol. The first kappa shape index (κ1) is 15.4. The zero-order valence-electron chi connectivity index (χ0n) is 15.4. The molecule has 0 aromatic carbocycles. The molecule has 4 fully saturated rings. The van der Waals surface area contributed by atoms with E-state index in [1.165, 1.54) is 24.0 Å². The van der Waals surface area contributed by atoms with E-state index in [2.05, 4.69) is 19.6 Å². The summed E-state index contributed by atoms with van der Waals surface area (Å²) in [7, 11) is 0. The molecule has 3 heteroatoms. The molecular weight excluding hydrogens is 324 g/mol. The quantitative estimate of drug-likeness (QED) is 0.620. The maximum Gasteiger partial charge on any atom is 0.331 e. The fourth-order valence-corrected chi connectivity index (χ4v) is 8.09. The van der Waals surface area contributed by atoms with Gasteiger partial charge in [0.25, 0.3) is 0 Å². The Balaban J connectivity index is 1.41. The summed E-state index contributed by atoms with van der Waals surface area (Å²) in [6, 6.07) is 0. The van der Waals surface area contributed by atoms with E-state index >= 15 is 0 Å². The minimum absolute atomic E-state index is 0.0659. The van der Waals surface area contributed by atoms with Gasteiger partial charge < -0.3 is 4.74 Å². The Morgan fingerprint density at radius 1 is 1.19 bits per heavy atom. The molecule has 8 atom stereocenters. The van der Waals surface area contributed by atoms with Gasteiger partial charge in [-0.2, -0.15) is 0 Å². The van der Waals surface area contributed by atoms with Crippen molar-refractivity contribution in [3.05, 3.63) is 36.0 Å². The number of hydrogen-bond donors (Lipinski definition) is 0. The van der Waals surface area contributed by atoms with Crippen molar-refractivity contribution < 1.29 is 14.3 Å². The molecule has 3 nitrogen and oxygen atoms in total. The van der Waals surface area contributed by atoms with Gasteiger partial charge in [-0.1, -0.05) is 19.1 Å². The lowest BCUT2D eigenvalue weighted by atomic mass is 9.48. The highest BCUT2D eigenvalue weighted by Gasteiger charge is 2.77. The number of ketones is 1. The molecule has 5 unspecified atom stereocenters. The molecule has 5 aliphatic carbocycles. The molecule has 0 saturated heterocycles. The minimum Gasteiger partial charge on any atom is -0.451 e. The number of hydrogen-bond acceptors (Lipinski definition) is 3. The molecule has 0 N–H and O–H groups in total. The molecule has 4 saturated carbocycles. The molecule has 1 spiro atoms. The fourth-order valence-electron chi connectivity index (χ4n) is 8.09. The summed E-state index contributed by atoms with van der Waals surface area (Å²) in [5, 5.41) is 0. The van der Waals surface area contributed by atoms with Gasteiger partial charge in [-0.05, 0) is 79.4 Å². The van der Waals surface area contributed by atoms with Gasteiger partial charge in [0.1, 0.15) is 5.60 Å². The molecule has 0 amide bonds. The number of allylic oxidation sites excluding steroid dienone is 2. The number of carbonyl (C=O) groups is 2. The van der Waals surface area contributed by atoms with Gasteiger partial charge in [0.2, 0.25) is 0 Å². The van der Waals surface area contributed by atoms with Crippen LogP contribution in [0.2, 0.25) is 0 Å². The largest absolute Gasteiger partial charge is 0.451 e. The number of esters is 1. The third-order valence-corrected chi connectivity index (χ3v) is 9.05. The Morgan fingerprint density at radius 3 is 2.81 bits per heavy atom. The van der Waals surface area contributed by atoms with E-state index in [-0.39, 0.29) is 22.8 Å². The SMILES string of the molecule is C=C1CC2C(CC[C@@]3(C)C2C2CC2[C@@]32C=CC(=O)O2)[C@H]2CCC(=O)C=C12. The topological polar surface area (TPSA) is 43.4 Å². The number of rotatable bonds is 0. The van der Waals surface area contributed by atoms with Crippen molar-refractivity contribution in [1.29, 1.82) is 0 Å². The van der Waals surface area contributed by atoms with Crippen LogP contribution in [0.1, 0.15) is 45.4 Å². The summed E-state index contributed by atoms with van der Waals surface area (Å²) >= 11 is 0. The minimum atomic E-state index is -0.343. The second kappa shape index (κ2) is 4.61. The Labute approximate surface area is 154 Å². The molecule has 0 radical (unpaired) electrons. The summed E-state index contributed by atoms with van der Waals surface area (Å²) in [5.41, 5.74) is 2.19. The van der Waals surface area contributed by atoms with Crippen LogP contribution in [0, 0.1) is 40.9 Å². The highest BCUT2D eigenvalue weighted by molar-refractivity contribution is 5.92. The first-order valence-electron chi connectivity index (χ1n) is 10.3. The van der Waals surface area contributed by atoms with E-state index < -0.39 is 0 Å². The summed E-state index contributed by atoms with van der Waals surface area (Å²) < 4.78 is 6.03. The van der Waals surface area contributed by atoms with E-state index in [0.717, 1.165) is 19.3 Å². The molecule has 1 aliphatic heterocycles. The maximum absolute atomic E-state index is 12.0. The van der Waals surface area contributed by atoms with Gasteiger partial charge in [-0.15, -0.1) is 0 Å². The van der Waals surface area contributed by atoms with Crippen LogP contribution in [0.5, 0.6) is 0 Å². The van der Waals surface area contributed by atoms with Crippen molar-refractivity contribution in [2.24, 2.45) is 40.9 Å². The van der Waals surface area contributed by atoms with Gasteiger partial charge in [-0.3, -0.25) is 4.79 Å². The predicted octanol–water partition coefficient (Wildman–Crippen LogP) is 4.00. The second-order valence-electron chi connectivity index (χ2n) is 9.88. The van der Waals surface area contributed by atoms with Crippen molar-refractivity contribution in [3.8, 4) is 0 Å². The zero-order valence-corrected chi connectivity index (χ0v) is 15.4.